The number of hydrogen-bond donors (Lipinski definition) is 1. The minimum Gasteiger partial charge on any atom is -0.478 e. The molecule has 0 bridgehead atoms. The second kappa shape index (κ2) is 6.63. The number of carboxylic acid groups (broad SMARTS) is 1. The maximum Gasteiger partial charge on any atom is 0.337 e. The average molecular weight is 400 g/mol. The molecule has 0 radical (unpaired) electrons. The molecule has 8 heteroatoms. The maximum absolute atomic E-state index is 13.1. The molecule has 0 spiro atoms. The number of hydrogen-bond acceptors (Lipinski definition) is 4. The first-order valence-electron chi connectivity index (χ1n) is 9.09. The van der Waals surface area contributed by atoms with Crippen LogP contribution in [-0.2, 0) is 16.6 Å². The summed E-state index contributed by atoms with van der Waals surface area (Å²) < 4.78 is 28.4. The van der Waals surface area contributed by atoms with Gasteiger partial charge in [0.15, 0.2) is 0 Å². The smallest absolute Gasteiger partial charge is 0.337 e. The molecule has 1 saturated carbocycles. The number of aromatic nitrogens is 2. The topological polar surface area (TPSA) is 98.4 Å². The minimum absolute atomic E-state index is 0.0419. The number of fused-ring (bicyclic) bond motifs is 1. The largest absolute Gasteiger partial charge is 0.478 e. The third-order valence-electron chi connectivity index (χ3n) is 5.17. The van der Waals surface area contributed by atoms with Gasteiger partial charge in [-0.3, -0.25) is 4.79 Å². The second-order valence-corrected chi connectivity index (χ2v) is 9.09. The number of benzene rings is 1. The number of pyridine rings is 1. The molecule has 2 heterocycles. The molecule has 0 unspecified atom stereocenters. The van der Waals surface area contributed by atoms with Crippen LogP contribution in [0.4, 0.5) is 0 Å². The van der Waals surface area contributed by atoms with Gasteiger partial charge in [-0.1, -0.05) is 30.5 Å². The van der Waals surface area contributed by atoms with E-state index in [1.807, 2.05) is 6.92 Å². The second-order valence-electron chi connectivity index (χ2n) is 7.27. The monoisotopic (exact) mass is 400 g/mol. The van der Waals surface area contributed by atoms with E-state index in [9.17, 15) is 23.1 Å². The Morgan fingerprint density at radius 1 is 1.18 bits per heavy atom. The van der Waals surface area contributed by atoms with Crippen molar-refractivity contribution in [2.24, 2.45) is 5.92 Å². The van der Waals surface area contributed by atoms with Gasteiger partial charge in [0, 0.05) is 24.3 Å². The van der Waals surface area contributed by atoms with Gasteiger partial charge >= 0.3 is 5.97 Å². The molecule has 1 fully saturated rings. The van der Waals surface area contributed by atoms with Gasteiger partial charge in [-0.25, -0.2) is 17.2 Å². The highest BCUT2D eigenvalue weighted by Gasteiger charge is 2.26. The Kier molecular flexibility index (Phi) is 4.38. The van der Waals surface area contributed by atoms with Crippen LogP contribution in [0.5, 0.6) is 0 Å². The van der Waals surface area contributed by atoms with Crippen molar-refractivity contribution in [3.63, 3.8) is 0 Å². The van der Waals surface area contributed by atoms with E-state index in [2.05, 4.69) is 0 Å². The summed E-state index contributed by atoms with van der Waals surface area (Å²) in [5, 5.41) is 9.69. The lowest BCUT2D eigenvalue weighted by Gasteiger charge is -2.11. The van der Waals surface area contributed by atoms with Crippen molar-refractivity contribution in [1.29, 1.82) is 0 Å². The molecule has 146 valence electrons. The fourth-order valence-corrected chi connectivity index (χ4v) is 4.70. The summed E-state index contributed by atoms with van der Waals surface area (Å²) in [5.74, 6) is -0.644. The Balaban J connectivity index is 1.93. The Morgan fingerprint density at radius 2 is 1.86 bits per heavy atom. The summed E-state index contributed by atoms with van der Waals surface area (Å²) >= 11 is 0. The Morgan fingerprint density at radius 3 is 2.46 bits per heavy atom. The molecule has 1 aliphatic carbocycles. The van der Waals surface area contributed by atoms with Gasteiger partial charge in [0.25, 0.3) is 15.6 Å². The zero-order valence-electron chi connectivity index (χ0n) is 15.3. The highest BCUT2D eigenvalue weighted by atomic mass is 32.2. The van der Waals surface area contributed by atoms with E-state index in [1.165, 1.54) is 35.2 Å². The summed E-state index contributed by atoms with van der Waals surface area (Å²) in [5.41, 5.74) is 0.202. The molecule has 0 saturated heterocycles. The Labute approximate surface area is 161 Å². The molecule has 7 nitrogen and oxygen atoms in total. The van der Waals surface area contributed by atoms with Crippen LogP contribution >= 0.6 is 0 Å². The first-order valence-corrected chi connectivity index (χ1v) is 10.5. The van der Waals surface area contributed by atoms with Crippen LogP contribution in [0.2, 0.25) is 0 Å². The quantitative estimate of drug-likeness (QED) is 0.686. The average Bonchev–Trinajstić information content (AvgIpc) is 3.36. The normalized spacial score (nSPS) is 14.5. The summed E-state index contributed by atoms with van der Waals surface area (Å²) in [6, 6.07) is 7.67. The van der Waals surface area contributed by atoms with Crippen LogP contribution < -0.4 is 5.56 Å². The van der Waals surface area contributed by atoms with Crippen molar-refractivity contribution in [2.75, 3.05) is 0 Å². The summed E-state index contributed by atoms with van der Waals surface area (Å²) in [4.78, 5) is 24.8. The highest BCUT2D eigenvalue weighted by molar-refractivity contribution is 7.90. The van der Waals surface area contributed by atoms with E-state index in [4.69, 9.17) is 0 Å². The van der Waals surface area contributed by atoms with E-state index in [-0.39, 0.29) is 21.4 Å². The van der Waals surface area contributed by atoms with Crippen LogP contribution in [0.1, 0.15) is 35.2 Å². The van der Waals surface area contributed by atoms with Gasteiger partial charge in [-0.15, -0.1) is 0 Å². The molecular weight excluding hydrogens is 380 g/mol. The first kappa shape index (κ1) is 18.5. The molecule has 2 aromatic heterocycles. The lowest BCUT2D eigenvalue weighted by Crippen LogP contribution is -2.26. The van der Waals surface area contributed by atoms with Crippen molar-refractivity contribution in [3.8, 4) is 0 Å². The van der Waals surface area contributed by atoms with Gasteiger partial charge in [0.05, 0.1) is 10.5 Å². The predicted molar refractivity (Wildman–Crippen MR) is 104 cm³/mol. The minimum atomic E-state index is -4.03. The molecule has 1 N–H and O–H groups in total. The van der Waals surface area contributed by atoms with Gasteiger partial charge in [-0.05, 0) is 37.5 Å². The van der Waals surface area contributed by atoms with Crippen molar-refractivity contribution >= 4 is 26.9 Å². The molecule has 28 heavy (non-hydrogen) atoms. The van der Waals surface area contributed by atoms with Gasteiger partial charge < -0.3 is 9.67 Å². The van der Waals surface area contributed by atoms with E-state index in [0.29, 0.717) is 12.5 Å². The summed E-state index contributed by atoms with van der Waals surface area (Å²) in [6.07, 6.45) is 5.56. The van der Waals surface area contributed by atoms with Crippen molar-refractivity contribution in [1.82, 2.24) is 8.54 Å². The number of rotatable bonds is 6. The Bertz CT molecular complexity index is 1230. The standard InChI is InChI=1S/C20H20N2O5S/c1-13-2-6-15(7-3-13)28(26,27)22-11-9-16-17(20(24)25)12-21(19(23)18(16)22)10-8-14-4-5-14/h2-3,6-7,9,11-12,14H,4-5,8,10H2,1H3,(H,24,25). The van der Waals surface area contributed by atoms with Crippen LogP contribution in [0.15, 0.2) is 52.4 Å². The first-order chi connectivity index (χ1) is 13.3. The zero-order chi connectivity index (χ0) is 20.1. The highest BCUT2D eigenvalue weighted by Crippen LogP contribution is 2.32. The van der Waals surface area contributed by atoms with Crippen molar-refractivity contribution < 1.29 is 18.3 Å². The van der Waals surface area contributed by atoms with Gasteiger partial charge in [-0.2, -0.15) is 0 Å². The van der Waals surface area contributed by atoms with Crippen LogP contribution in [0.25, 0.3) is 10.9 Å². The molecule has 4 rings (SSSR count). The van der Waals surface area contributed by atoms with E-state index in [0.717, 1.165) is 28.8 Å². The fourth-order valence-electron chi connectivity index (χ4n) is 3.35. The third kappa shape index (κ3) is 3.13. The molecular formula is C20H20N2O5S. The van der Waals surface area contributed by atoms with E-state index >= 15 is 0 Å². The molecule has 0 amide bonds. The molecule has 0 atom stereocenters. The van der Waals surface area contributed by atoms with Crippen LogP contribution in [-0.4, -0.2) is 28.0 Å². The van der Waals surface area contributed by atoms with Crippen LogP contribution in [0, 0.1) is 12.8 Å². The lowest BCUT2D eigenvalue weighted by atomic mass is 10.2. The number of aryl methyl sites for hydroxylation is 2. The SMILES string of the molecule is Cc1ccc(S(=O)(=O)n2ccc3c(C(=O)O)cn(CCC4CC4)c(=O)c32)cc1. The Hall–Kier alpha value is -2.87. The number of carbonyl (C=O) groups is 1. The van der Waals surface area contributed by atoms with Crippen LogP contribution in [0.3, 0.4) is 0 Å². The number of carboxylic acids is 1. The third-order valence-corrected chi connectivity index (χ3v) is 6.86. The fraction of sp³-hybridized carbons (Fsp3) is 0.300. The molecule has 3 aromatic rings. The molecule has 0 aliphatic heterocycles. The molecule has 1 aliphatic rings. The van der Waals surface area contributed by atoms with E-state index in [1.54, 1.807) is 12.1 Å². The summed E-state index contributed by atoms with van der Waals surface area (Å²) in [6.45, 7) is 2.22. The lowest BCUT2D eigenvalue weighted by molar-refractivity contribution is 0.0698. The number of nitrogens with zero attached hydrogens (tertiary/aromatic N) is 2. The van der Waals surface area contributed by atoms with E-state index < -0.39 is 21.6 Å². The maximum atomic E-state index is 13.1. The van der Waals surface area contributed by atoms with Crippen molar-refractivity contribution in [3.05, 3.63) is 64.2 Å². The number of aromatic carboxylic acids is 1. The predicted octanol–water partition coefficient (Wildman–Crippen LogP) is 2.85. The van der Waals surface area contributed by atoms with Gasteiger partial charge in [0.1, 0.15) is 5.52 Å². The molecule has 1 aromatic carbocycles. The summed E-state index contributed by atoms with van der Waals surface area (Å²) in [7, 11) is -4.03. The van der Waals surface area contributed by atoms with Gasteiger partial charge in [0.2, 0.25) is 0 Å². The zero-order valence-corrected chi connectivity index (χ0v) is 16.1. The van der Waals surface area contributed by atoms with Crippen molar-refractivity contribution in [2.45, 2.75) is 37.6 Å².